The molecule has 1 amide bonds. The third-order valence-electron chi connectivity index (χ3n) is 3.20. The molecule has 0 unspecified atom stereocenters. The fraction of sp³-hybridized carbons (Fsp3) is 0.125. The average Bonchev–Trinajstić information content (AvgIpc) is 2.53. The molecule has 26 heavy (non-hydrogen) atoms. The molecule has 10 heteroatoms. The molecule has 2 rings (SSSR count). The van der Waals surface area contributed by atoms with Gasteiger partial charge in [0, 0.05) is 15.7 Å². The van der Waals surface area contributed by atoms with E-state index < -0.39 is 28.0 Å². The number of rotatable bonds is 5. The summed E-state index contributed by atoms with van der Waals surface area (Å²) in [7, 11) is -3.82. The molecule has 0 radical (unpaired) electrons. The summed E-state index contributed by atoms with van der Waals surface area (Å²) in [4.78, 5) is 24.1. The molecule has 0 bridgehead atoms. The maximum Gasteiger partial charge on any atom is 0.339 e. The van der Waals surface area contributed by atoms with Gasteiger partial charge in [0.15, 0.2) is 6.10 Å². The molecule has 0 saturated heterocycles. The van der Waals surface area contributed by atoms with Crippen LogP contribution in [0.15, 0.2) is 47.4 Å². The standard InChI is InChI=1S/C16H14Cl2N2O5S/c1-9(25-16(22)10-6-11(17)8-12(18)7-10)15(21)20-13-2-4-14(5-3-13)26(19,23)24/h2-9H,1H3,(H,20,21)(H2,19,23,24)/t9-/m0/s1. The quantitative estimate of drug-likeness (QED) is 0.726. The first kappa shape index (κ1) is 20.2. The van der Waals surface area contributed by atoms with Crippen LogP contribution in [0.3, 0.4) is 0 Å². The van der Waals surface area contributed by atoms with Gasteiger partial charge in [-0.15, -0.1) is 0 Å². The van der Waals surface area contributed by atoms with Crippen molar-refractivity contribution >= 4 is 50.8 Å². The van der Waals surface area contributed by atoms with Crippen molar-refractivity contribution in [2.75, 3.05) is 5.32 Å². The van der Waals surface area contributed by atoms with E-state index in [2.05, 4.69) is 5.32 Å². The van der Waals surface area contributed by atoms with Crippen LogP contribution in [0.4, 0.5) is 5.69 Å². The molecule has 3 N–H and O–H groups in total. The first-order chi connectivity index (χ1) is 12.1. The predicted octanol–water partition coefficient (Wildman–Crippen LogP) is 2.82. The summed E-state index contributed by atoms with van der Waals surface area (Å²) in [5.74, 6) is -1.36. The zero-order chi connectivity index (χ0) is 19.5. The Morgan fingerprint density at radius 1 is 1.08 bits per heavy atom. The SMILES string of the molecule is C[C@H](OC(=O)c1cc(Cl)cc(Cl)c1)C(=O)Nc1ccc(S(N)(=O)=O)cc1. The van der Waals surface area contributed by atoms with Crippen LogP contribution < -0.4 is 10.5 Å². The topological polar surface area (TPSA) is 116 Å². The second-order valence-corrected chi connectivity index (χ2v) is 7.70. The highest BCUT2D eigenvalue weighted by Gasteiger charge is 2.20. The lowest BCUT2D eigenvalue weighted by Gasteiger charge is -2.14. The van der Waals surface area contributed by atoms with Gasteiger partial charge in [-0.05, 0) is 49.4 Å². The Kier molecular flexibility index (Phi) is 6.25. The highest BCUT2D eigenvalue weighted by molar-refractivity contribution is 7.89. The van der Waals surface area contributed by atoms with Crippen LogP contribution in [-0.2, 0) is 19.6 Å². The largest absolute Gasteiger partial charge is 0.449 e. The van der Waals surface area contributed by atoms with Gasteiger partial charge >= 0.3 is 5.97 Å². The summed E-state index contributed by atoms with van der Waals surface area (Å²) in [6.45, 7) is 1.39. The highest BCUT2D eigenvalue weighted by atomic mass is 35.5. The van der Waals surface area contributed by atoms with Crippen molar-refractivity contribution in [3.8, 4) is 0 Å². The first-order valence-electron chi connectivity index (χ1n) is 7.17. The van der Waals surface area contributed by atoms with Crippen molar-refractivity contribution in [2.24, 2.45) is 5.14 Å². The van der Waals surface area contributed by atoms with E-state index in [0.717, 1.165) is 0 Å². The molecule has 0 fully saturated rings. The third kappa shape index (κ3) is 5.43. The smallest absolute Gasteiger partial charge is 0.339 e. The number of hydrogen-bond donors (Lipinski definition) is 2. The van der Waals surface area contributed by atoms with Crippen LogP contribution >= 0.6 is 23.2 Å². The van der Waals surface area contributed by atoms with Crippen molar-refractivity contribution < 1.29 is 22.7 Å². The molecule has 1 atom stereocenters. The Morgan fingerprint density at radius 3 is 2.12 bits per heavy atom. The van der Waals surface area contributed by atoms with E-state index in [1.165, 1.54) is 49.4 Å². The minimum absolute atomic E-state index is 0.0900. The second kappa shape index (κ2) is 8.05. The molecule has 2 aromatic rings. The van der Waals surface area contributed by atoms with E-state index in [1.807, 2.05) is 0 Å². The van der Waals surface area contributed by atoms with Gasteiger partial charge in [0.05, 0.1) is 10.5 Å². The van der Waals surface area contributed by atoms with E-state index in [9.17, 15) is 18.0 Å². The molecule has 0 aromatic heterocycles. The Bertz CT molecular complexity index is 925. The number of esters is 1. The van der Waals surface area contributed by atoms with Gasteiger partial charge in [-0.2, -0.15) is 0 Å². The monoisotopic (exact) mass is 416 g/mol. The number of carbonyl (C=O) groups excluding carboxylic acids is 2. The van der Waals surface area contributed by atoms with Crippen LogP contribution in [0.2, 0.25) is 10.0 Å². The van der Waals surface area contributed by atoms with E-state index in [4.69, 9.17) is 33.1 Å². The number of primary sulfonamides is 1. The minimum Gasteiger partial charge on any atom is -0.449 e. The summed E-state index contributed by atoms with van der Waals surface area (Å²) in [6, 6.07) is 9.41. The summed E-state index contributed by atoms with van der Waals surface area (Å²) in [5, 5.41) is 8.01. The molecule has 2 aromatic carbocycles. The number of anilines is 1. The number of sulfonamides is 1. The number of ether oxygens (including phenoxy) is 1. The van der Waals surface area contributed by atoms with Crippen molar-refractivity contribution in [1.29, 1.82) is 0 Å². The van der Waals surface area contributed by atoms with Gasteiger partial charge in [-0.25, -0.2) is 18.4 Å². The Labute approximate surface area is 160 Å². The first-order valence-corrected chi connectivity index (χ1v) is 9.47. The molecule has 0 aliphatic heterocycles. The zero-order valence-electron chi connectivity index (χ0n) is 13.4. The van der Waals surface area contributed by atoms with E-state index >= 15 is 0 Å². The fourth-order valence-corrected chi connectivity index (χ4v) is 2.97. The summed E-state index contributed by atoms with van der Waals surface area (Å²) in [6.07, 6.45) is -1.11. The molecule has 0 heterocycles. The molecule has 0 saturated carbocycles. The number of halogens is 2. The lowest BCUT2D eigenvalue weighted by atomic mass is 10.2. The van der Waals surface area contributed by atoms with Gasteiger partial charge in [0.1, 0.15) is 0 Å². The number of nitrogens with two attached hydrogens (primary N) is 1. The molecular weight excluding hydrogens is 403 g/mol. The van der Waals surface area contributed by atoms with Gasteiger partial charge in [-0.3, -0.25) is 4.79 Å². The fourth-order valence-electron chi connectivity index (χ4n) is 1.93. The molecule has 7 nitrogen and oxygen atoms in total. The van der Waals surface area contributed by atoms with Crippen molar-refractivity contribution in [2.45, 2.75) is 17.9 Å². The Hall–Kier alpha value is -2.13. The van der Waals surface area contributed by atoms with Crippen LogP contribution in [0.25, 0.3) is 0 Å². The van der Waals surface area contributed by atoms with Gasteiger partial charge in [-0.1, -0.05) is 23.2 Å². The van der Waals surface area contributed by atoms with Crippen LogP contribution in [0.5, 0.6) is 0 Å². The highest BCUT2D eigenvalue weighted by Crippen LogP contribution is 2.20. The summed E-state index contributed by atoms with van der Waals surface area (Å²) >= 11 is 11.6. The summed E-state index contributed by atoms with van der Waals surface area (Å²) < 4.78 is 27.5. The number of carbonyl (C=O) groups is 2. The molecule has 0 aliphatic rings. The number of benzene rings is 2. The lowest BCUT2D eigenvalue weighted by Crippen LogP contribution is -2.30. The van der Waals surface area contributed by atoms with Gasteiger partial charge in [0.2, 0.25) is 10.0 Å². The third-order valence-corrected chi connectivity index (χ3v) is 4.57. The zero-order valence-corrected chi connectivity index (χ0v) is 15.7. The normalized spacial score (nSPS) is 12.3. The number of amides is 1. The van der Waals surface area contributed by atoms with Crippen molar-refractivity contribution in [3.63, 3.8) is 0 Å². The second-order valence-electron chi connectivity index (χ2n) is 5.26. The molecule has 0 spiro atoms. The van der Waals surface area contributed by atoms with Crippen molar-refractivity contribution in [3.05, 3.63) is 58.1 Å². The van der Waals surface area contributed by atoms with E-state index in [-0.39, 0.29) is 20.5 Å². The minimum atomic E-state index is -3.82. The Balaban J connectivity index is 2.02. The molecular formula is C16H14Cl2N2O5S. The molecule has 138 valence electrons. The maximum absolute atomic E-state index is 12.1. The average molecular weight is 417 g/mol. The number of hydrogen-bond acceptors (Lipinski definition) is 5. The van der Waals surface area contributed by atoms with Crippen molar-refractivity contribution in [1.82, 2.24) is 0 Å². The molecule has 0 aliphatic carbocycles. The van der Waals surface area contributed by atoms with Crippen LogP contribution in [-0.4, -0.2) is 26.4 Å². The lowest BCUT2D eigenvalue weighted by molar-refractivity contribution is -0.123. The predicted molar refractivity (Wildman–Crippen MR) is 97.8 cm³/mol. The Morgan fingerprint density at radius 2 is 1.62 bits per heavy atom. The van der Waals surface area contributed by atoms with E-state index in [1.54, 1.807) is 0 Å². The number of nitrogens with one attached hydrogen (secondary N) is 1. The van der Waals surface area contributed by atoms with Crippen LogP contribution in [0, 0.1) is 0 Å². The van der Waals surface area contributed by atoms with Gasteiger partial charge in [0.25, 0.3) is 5.91 Å². The summed E-state index contributed by atoms with van der Waals surface area (Å²) in [5.41, 5.74) is 0.427. The van der Waals surface area contributed by atoms with Gasteiger partial charge < -0.3 is 10.1 Å². The maximum atomic E-state index is 12.1. The van der Waals surface area contributed by atoms with E-state index in [0.29, 0.717) is 5.69 Å². The van der Waals surface area contributed by atoms with Crippen LogP contribution in [0.1, 0.15) is 17.3 Å².